The molecule has 0 aliphatic heterocycles. The summed E-state index contributed by atoms with van der Waals surface area (Å²) in [5.41, 5.74) is 13.4. The largest absolute Gasteiger partial charge is 0.397 e. The van der Waals surface area contributed by atoms with Crippen molar-refractivity contribution >= 4 is 17.1 Å². The van der Waals surface area contributed by atoms with Crippen molar-refractivity contribution in [2.75, 3.05) is 23.3 Å². The van der Waals surface area contributed by atoms with Gasteiger partial charge in [0.25, 0.3) is 0 Å². The summed E-state index contributed by atoms with van der Waals surface area (Å²) in [4.78, 5) is 0. The molecular formula is C8H12N3. The van der Waals surface area contributed by atoms with E-state index in [9.17, 15) is 0 Å². The van der Waals surface area contributed by atoms with Crippen LogP contribution in [0.15, 0.2) is 18.2 Å². The van der Waals surface area contributed by atoms with Crippen molar-refractivity contribution in [1.82, 2.24) is 0 Å². The molecule has 0 saturated carbocycles. The number of hydrogen-bond acceptors (Lipinski definition) is 3. The van der Waals surface area contributed by atoms with Crippen molar-refractivity contribution in [2.45, 2.75) is 0 Å². The molecule has 5 N–H and O–H groups in total. The summed E-state index contributed by atoms with van der Waals surface area (Å²) >= 11 is 0. The predicted octanol–water partition coefficient (Wildman–Crippen LogP) is 1.10. The Kier molecular flexibility index (Phi) is 2.21. The minimum absolute atomic E-state index is 0.582. The fourth-order valence-corrected chi connectivity index (χ4v) is 0.918. The number of benzene rings is 1. The van der Waals surface area contributed by atoms with E-state index in [1.54, 1.807) is 12.1 Å². The van der Waals surface area contributed by atoms with E-state index >= 15 is 0 Å². The Morgan fingerprint density at radius 2 is 1.82 bits per heavy atom. The molecule has 0 aliphatic rings. The lowest BCUT2D eigenvalue weighted by Gasteiger charge is -2.08. The van der Waals surface area contributed by atoms with E-state index in [1.807, 2.05) is 6.07 Å². The second-order valence-corrected chi connectivity index (χ2v) is 2.24. The SMILES string of the molecule is [CH2]CNc1c(N)cccc1N. The molecule has 0 fully saturated rings. The van der Waals surface area contributed by atoms with Crippen LogP contribution in [0.25, 0.3) is 0 Å². The highest BCUT2D eigenvalue weighted by Gasteiger charge is 1.99. The Bertz CT molecular complexity index is 225. The number of nitrogens with one attached hydrogen (secondary N) is 1. The smallest absolute Gasteiger partial charge is 0.0807 e. The Labute approximate surface area is 66.4 Å². The van der Waals surface area contributed by atoms with Crippen LogP contribution in [0.2, 0.25) is 0 Å². The summed E-state index contributed by atoms with van der Waals surface area (Å²) in [5, 5.41) is 2.98. The van der Waals surface area contributed by atoms with Gasteiger partial charge < -0.3 is 16.8 Å². The summed E-state index contributed by atoms with van der Waals surface area (Å²) in [7, 11) is 0. The zero-order chi connectivity index (χ0) is 8.27. The average molecular weight is 150 g/mol. The summed E-state index contributed by atoms with van der Waals surface area (Å²) in [5.74, 6) is 0. The van der Waals surface area contributed by atoms with Crippen LogP contribution < -0.4 is 16.8 Å². The summed E-state index contributed by atoms with van der Waals surface area (Å²) in [6.45, 7) is 4.22. The van der Waals surface area contributed by atoms with Gasteiger partial charge in [0.2, 0.25) is 0 Å². The Morgan fingerprint density at radius 1 is 1.27 bits per heavy atom. The molecule has 0 spiro atoms. The van der Waals surface area contributed by atoms with E-state index < -0.39 is 0 Å². The molecule has 11 heavy (non-hydrogen) atoms. The van der Waals surface area contributed by atoms with E-state index in [2.05, 4.69) is 12.2 Å². The van der Waals surface area contributed by atoms with Gasteiger partial charge in [0, 0.05) is 6.54 Å². The molecule has 0 saturated heterocycles. The first-order chi connectivity index (χ1) is 5.25. The van der Waals surface area contributed by atoms with Crippen molar-refractivity contribution in [3.8, 4) is 0 Å². The number of nitrogen functional groups attached to an aromatic ring is 2. The highest BCUT2D eigenvalue weighted by Crippen LogP contribution is 2.24. The molecule has 59 valence electrons. The fraction of sp³-hybridized carbons (Fsp3) is 0.125. The summed E-state index contributed by atoms with van der Waals surface area (Å²) in [6.07, 6.45) is 0. The van der Waals surface area contributed by atoms with Crippen molar-refractivity contribution in [2.24, 2.45) is 0 Å². The van der Waals surface area contributed by atoms with Gasteiger partial charge >= 0.3 is 0 Å². The van der Waals surface area contributed by atoms with E-state index in [1.165, 1.54) is 0 Å². The Hall–Kier alpha value is -1.38. The predicted molar refractivity (Wildman–Crippen MR) is 49.1 cm³/mol. The molecule has 1 aromatic rings. The van der Waals surface area contributed by atoms with Crippen LogP contribution in [-0.2, 0) is 0 Å². The number of anilines is 3. The van der Waals surface area contributed by atoms with Crippen LogP contribution in [0.4, 0.5) is 17.1 Å². The number of rotatable bonds is 2. The van der Waals surface area contributed by atoms with Gasteiger partial charge in [-0.1, -0.05) is 6.07 Å². The second kappa shape index (κ2) is 3.14. The molecule has 3 heteroatoms. The first-order valence-electron chi connectivity index (χ1n) is 3.42. The zero-order valence-corrected chi connectivity index (χ0v) is 6.30. The van der Waals surface area contributed by atoms with Crippen LogP contribution in [0, 0.1) is 6.92 Å². The second-order valence-electron chi connectivity index (χ2n) is 2.24. The van der Waals surface area contributed by atoms with Gasteiger partial charge in [-0.25, -0.2) is 0 Å². The lowest BCUT2D eigenvalue weighted by atomic mass is 10.2. The number of para-hydroxylation sites is 1. The van der Waals surface area contributed by atoms with Gasteiger partial charge in [-0.3, -0.25) is 0 Å². The van der Waals surface area contributed by atoms with Gasteiger partial charge in [0.1, 0.15) is 0 Å². The highest BCUT2D eigenvalue weighted by molar-refractivity contribution is 5.79. The first-order valence-corrected chi connectivity index (χ1v) is 3.42. The molecule has 1 radical (unpaired) electrons. The molecule has 0 amide bonds. The maximum Gasteiger partial charge on any atom is 0.0807 e. The fourth-order valence-electron chi connectivity index (χ4n) is 0.918. The monoisotopic (exact) mass is 150 g/mol. The normalized spacial score (nSPS) is 9.55. The standard InChI is InChI=1S/C8H12N3/c1-2-11-8-6(9)4-3-5-7(8)10/h3-5,11H,1-2,9-10H2. The molecule has 0 heterocycles. The molecule has 0 bridgehead atoms. The van der Waals surface area contributed by atoms with Crippen LogP contribution >= 0.6 is 0 Å². The van der Waals surface area contributed by atoms with Gasteiger partial charge in [0.05, 0.1) is 17.1 Å². The maximum atomic E-state index is 5.64. The maximum absolute atomic E-state index is 5.64. The first kappa shape index (κ1) is 7.72. The van der Waals surface area contributed by atoms with Gasteiger partial charge in [0.15, 0.2) is 0 Å². The zero-order valence-electron chi connectivity index (χ0n) is 6.30. The quantitative estimate of drug-likeness (QED) is 0.553. The topological polar surface area (TPSA) is 64.1 Å². The van der Waals surface area contributed by atoms with Crippen LogP contribution in [0.5, 0.6) is 0 Å². The van der Waals surface area contributed by atoms with Crippen LogP contribution in [0.1, 0.15) is 0 Å². The lowest BCUT2D eigenvalue weighted by Crippen LogP contribution is -2.04. The van der Waals surface area contributed by atoms with Crippen LogP contribution in [0.3, 0.4) is 0 Å². The van der Waals surface area contributed by atoms with Gasteiger partial charge in [-0.05, 0) is 19.1 Å². The van der Waals surface area contributed by atoms with E-state index in [0.29, 0.717) is 17.9 Å². The molecule has 0 aromatic heterocycles. The Balaban J connectivity index is 3.00. The molecule has 3 nitrogen and oxygen atoms in total. The van der Waals surface area contributed by atoms with E-state index in [-0.39, 0.29) is 0 Å². The molecule has 0 aliphatic carbocycles. The van der Waals surface area contributed by atoms with Crippen molar-refractivity contribution in [3.63, 3.8) is 0 Å². The Morgan fingerprint density at radius 3 is 2.27 bits per heavy atom. The molecule has 1 aromatic carbocycles. The molecule has 1 rings (SSSR count). The van der Waals surface area contributed by atoms with Crippen molar-refractivity contribution in [1.29, 1.82) is 0 Å². The third-order valence-electron chi connectivity index (χ3n) is 1.43. The van der Waals surface area contributed by atoms with Crippen molar-refractivity contribution < 1.29 is 0 Å². The van der Waals surface area contributed by atoms with E-state index in [0.717, 1.165) is 5.69 Å². The van der Waals surface area contributed by atoms with Gasteiger partial charge in [-0.2, -0.15) is 0 Å². The van der Waals surface area contributed by atoms with Crippen molar-refractivity contribution in [3.05, 3.63) is 25.1 Å². The number of nitrogens with two attached hydrogens (primary N) is 2. The molecular weight excluding hydrogens is 138 g/mol. The van der Waals surface area contributed by atoms with E-state index in [4.69, 9.17) is 11.5 Å². The summed E-state index contributed by atoms with van der Waals surface area (Å²) < 4.78 is 0. The van der Waals surface area contributed by atoms with Gasteiger partial charge in [-0.15, -0.1) is 0 Å². The highest BCUT2D eigenvalue weighted by atomic mass is 14.9. The third-order valence-corrected chi connectivity index (χ3v) is 1.43. The average Bonchev–Trinajstić information content (AvgIpc) is 1.97. The molecule has 0 unspecified atom stereocenters. The lowest BCUT2D eigenvalue weighted by molar-refractivity contribution is 1.34. The number of hydrogen-bond donors (Lipinski definition) is 3. The minimum atomic E-state index is 0.582. The summed E-state index contributed by atoms with van der Waals surface area (Å²) in [6, 6.07) is 5.42. The minimum Gasteiger partial charge on any atom is -0.397 e. The van der Waals surface area contributed by atoms with Crippen LogP contribution in [-0.4, -0.2) is 6.54 Å². The third kappa shape index (κ3) is 1.55. The molecule has 0 atom stereocenters.